The highest BCUT2D eigenvalue weighted by Crippen LogP contribution is 2.58. The lowest BCUT2D eigenvalue weighted by Gasteiger charge is -2.59. The van der Waals surface area contributed by atoms with Gasteiger partial charge in [-0.25, -0.2) is 4.79 Å². The van der Waals surface area contributed by atoms with Gasteiger partial charge in [0.15, 0.2) is 0 Å². The number of nitrogens with zero attached hydrogens (tertiary/aromatic N) is 1. The van der Waals surface area contributed by atoms with Gasteiger partial charge in [-0.15, -0.1) is 0 Å². The van der Waals surface area contributed by atoms with E-state index in [1.54, 1.807) is 0 Å². The molecule has 3 atom stereocenters. The standard InChI is InChI=1S/C35H43N3O3/c1-3-4-20-40-32-22-28-26(24(2)33(32)37-30-16-9-8-15-29(30)36)21-31-27-14-10-11-17-35(27,28)18-19-38(31)34(39)41-23-25-12-6-5-7-13-25/h5-9,12-13,15-16,22,27,31,37H,3-4,10-11,14,17-21,23,36H2,1-2H3/t27-,31+,35+/m1/s1. The van der Waals surface area contributed by atoms with Crippen LogP contribution in [0.15, 0.2) is 60.7 Å². The van der Waals surface area contributed by atoms with Crippen LogP contribution in [0.25, 0.3) is 0 Å². The van der Waals surface area contributed by atoms with Gasteiger partial charge in [0.05, 0.1) is 23.7 Å². The fourth-order valence-electron chi connectivity index (χ4n) is 7.68. The number of hydrogen-bond donors (Lipinski definition) is 2. The number of nitrogen functional groups attached to an aromatic ring is 1. The molecule has 216 valence electrons. The summed E-state index contributed by atoms with van der Waals surface area (Å²) in [5, 5.41) is 3.64. The Kier molecular flexibility index (Phi) is 7.83. The second-order valence-corrected chi connectivity index (χ2v) is 12.1. The maximum absolute atomic E-state index is 13.5. The first-order valence-electron chi connectivity index (χ1n) is 15.4. The van der Waals surface area contributed by atoms with E-state index in [1.165, 1.54) is 36.0 Å². The molecule has 3 aromatic rings. The smallest absolute Gasteiger partial charge is 0.410 e. The van der Waals surface area contributed by atoms with Crippen molar-refractivity contribution in [2.75, 3.05) is 24.2 Å². The lowest BCUT2D eigenvalue weighted by molar-refractivity contribution is -0.0138. The van der Waals surface area contributed by atoms with E-state index in [2.05, 4.69) is 25.2 Å². The third kappa shape index (κ3) is 5.13. The van der Waals surface area contributed by atoms with E-state index in [-0.39, 0.29) is 17.6 Å². The molecule has 0 unspecified atom stereocenters. The Balaban J connectivity index is 1.37. The van der Waals surface area contributed by atoms with Crippen LogP contribution in [0.2, 0.25) is 0 Å². The summed E-state index contributed by atoms with van der Waals surface area (Å²) in [4.78, 5) is 15.6. The van der Waals surface area contributed by atoms with E-state index in [1.807, 2.05) is 59.5 Å². The van der Waals surface area contributed by atoms with Crippen LogP contribution in [0.3, 0.4) is 0 Å². The van der Waals surface area contributed by atoms with E-state index in [0.717, 1.165) is 61.3 Å². The Hall–Kier alpha value is -3.67. The molecule has 1 saturated carbocycles. The molecular weight excluding hydrogens is 510 g/mol. The van der Waals surface area contributed by atoms with Gasteiger partial charge < -0.3 is 25.4 Å². The van der Waals surface area contributed by atoms with Crippen molar-refractivity contribution < 1.29 is 14.3 Å². The molecule has 6 nitrogen and oxygen atoms in total. The molecule has 6 rings (SSSR count). The van der Waals surface area contributed by atoms with Gasteiger partial charge in [0.1, 0.15) is 12.4 Å². The average Bonchev–Trinajstić information content (AvgIpc) is 3.00. The summed E-state index contributed by atoms with van der Waals surface area (Å²) in [5.41, 5.74) is 14.0. The summed E-state index contributed by atoms with van der Waals surface area (Å²) < 4.78 is 12.4. The Morgan fingerprint density at radius 1 is 1.10 bits per heavy atom. The monoisotopic (exact) mass is 553 g/mol. The Morgan fingerprint density at radius 3 is 2.71 bits per heavy atom. The van der Waals surface area contributed by atoms with Crippen molar-refractivity contribution in [3.8, 4) is 5.75 Å². The highest BCUT2D eigenvalue weighted by molar-refractivity contribution is 5.79. The van der Waals surface area contributed by atoms with Gasteiger partial charge in [-0.1, -0.05) is 68.7 Å². The minimum atomic E-state index is -0.186. The number of nitrogens with one attached hydrogen (secondary N) is 1. The molecule has 2 aliphatic carbocycles. The number of ether oxygens (including phenoxy) is 2. The van der Waals surface area contributed by atoms with E-state index >= 15 is 0 Å². The van der Waals surface area contributed by atoms with Crippen LogP contribution >= 0.6 is 0 Å². The maximum atomic E-state index is 13.5. The summed E-state index contributed by atoms with van der Waals surface area (Å²) in [7, 11) is 0. The van der Waals surface area contributed by atoms with Crippen molar-refractivity contribution in [2.24, 2.45) is 5.92 Å². The molecule has 2 bridgehead atoms. The number of unbranched alkanes of at least 4 members (excludes halogenated alkanes) is 1. The Bertz CT molecular complexity index is 1390. The second kappa shape index (κ2) is 11.7. The number of hydrogen-bond acceptors (Lipinski definition) is 5. The van der Waals surface area contributed by atoms with Gasteiger partial charge in [-0.2, -0.15) is 0 Å². The van der Waals surface area contributed by atoms with Gasteiger partial charge in [0.2, 0.25) is 0 Å². The number of piperidine rings is 1. The van der Waals surface area contributed by atoms with Crippen molar-refractivity contribution in [1.29, 1.82) is 0 Å². The van der Waals surface area contributed by atoms with Gasteiger partial charge in [-0.3, -0.25) is 0 Å². The number of rotatable bonds is 8. The van der Waals surface area contributed by atoms with Gasteiger partial charge in [-0.05, 0) is 85.4 Å². The quantitative estimate of drug-likeness (QED) is 0.219. The molecule has 0 radical (unpaired) electrons. The van der Waals surface area contributed by atoms with E-state index in [0.29, 0.717) is 24.8 Å². The molecule has 2 fully saturated rings. The second-order valence-electron chi connectivity index (χ2n) is 12.1. The minimum Gasteiger partial charge on any atom is -0.491 e. The van der Waals surface area contributed by atoms with Crippen LogP contribution < -0.4 is 15.8 Å². The number of amides is 1. The molecule has 3 N–H and O–H groups in total. The first-order chi connectivity index (χ1) is 20.0. The maximum Gasteiger partial charge on any atom is 0.410 e. The van der Waals surface area contributed by atoms with Crippen LogP contribution in [0.4, 0.5) is 21.9 Å². The predicted molar refractivity (Wildman–Crippen MR) is 165 cm³/mol. The van der Waals surface area contributed by atoms with Crippen molar-refractivity contribution in [2.45, 2.75) is 83.3 Å². The third-order valence-electron chi connectivity index (χ3n) is 9.80. The number of carbonyl (C=O) groups excluding carboxylic acids is 1. The van der Waals surface area contributed by atoms with Gasteiger partial charge in [0.25, 0.3) is 0 Å². The van der Waals surface area contributed by atoms with Crippen molar-refractivity contribution in [3.05, 3.63) is 82.9 Å². The average molecular weight is 554 g/mol. The zero-order valence-electron chi connectivity index (χ0n) is 24.5. The summed E-state index contributed by atoms with van der Waals surface area (Å²) >= 11 is 0. The van der Waals surface area contributed by atoms with Crippen LogP contribution in [-0.4, -0.2) is 30.2 Å². The van der Waals surface area contributed by atoms with Gasteiger partial charge in [0, 0.05) is 18.0 Å². The number of para-hydroxylation sites is 2. The summed E-state index contributed by atoms with van der Waals surface area (Å²) in [6.07, 6.45) is 8.48. The molecule has 0 spiro atoms. The fourth-order valence-corrected chi connectivity index (χ4v) is 7.68. The lowest BCUT2D eigenvalue weighted by atomic mass is 9.52. The van der Waals surface area contributed by atoms with Crippen molar-refractivity contribution >= 4 is 23.2 Å². The van der Waals surface area contributed by atoms with Gasteiger partial charge >= 0.3 is 6.09 Å². The Labute approximate surface area is 244 Å². The van der Waals surface area contributed by atoms with E-state index < -0.39 is 0 Å². The van der Waals surface area contributed by atoms with E-state index in [9.17, 15) is 4.79 Å². The SMILES string of the molecule is CCCCOc1cc2c(c(C)c1Nc1ccccc1N)C[C@H]1[C@H]3CCCC[C@@]23CCN1C(=O)OCc1ccccc1. The molecule has 3 aromatic carbocycles. The van der Waals surface area contributed by atoms with Crippen LogP contribution in [0, 0.1) is 12.8 Å². The van der Waals surface area contributed by atoms with Crippen LogP contribution in [0.5, 0.6) is 5.75 Å². The normalized spacial score (nSPS) is 22.8. The summed E-state index contributed by atoms with van der Waals surface area (Å²) in [5.74, 6) is 1.35. The van der Waals surface area contributed by atoms with Crippen LogP contribution in [0.1, 0.15) is 74.1 Å². The van der Waals surface area contributed by atoms with Crippen molar-refractivity contribution in [3.63, 3.8) is 0 Å². The number of likely N-dealkylation sites (tertiary alicyclic amines) is 1. The topological polar surface area (TPSA) is 76.8 Å². The minimum absolute atomic E-state index is 0.0740. The summed E-state index contributed by atoms with van der Waals surface area (Å²) in [6.45, 7) is 6.13. The summed E-state index contributed by atoms with van der Waals surface area (Å²) in [6, 6.07) is 20.3. The number of anilines is 3. The first kappa shape index (κ1) is 27.5. The zero-order chi connectivity index (χ0) is 28.4. The Morgan fingerprint density at radius 2 is 1.90 bits per heavy atom. The molecule has 3 aliphatic rings. The van der Waals surface area contributed by atoms with Crippen molar-refractivity contribution in [1.82, 2.24) is 4.90 Å². The zero-order valence-corrected chi connectivity index (χ0v) is 24.5. The highest BCUT2D eigenvalue weighted by atomic mass is 16.6. The fraction of sp³-hybridized carbons (Fsp3) is 0.457. The molecule has 1 aliphatic heterocycles. The molecular formula is C35H43N3O3. The molecule has 0 aromatic heterocycles. The molecule has 6 heteroatoms. The molecule has 1 amide bonds. The number of carbonyl (C=O) groups is 1. The molecule has 41 heavy (non-hydrogen) atoms. The lowest BCUT2D eigenvalue weighted by Crippen LogP contribution is -2.62. The molecule has 1 saturated heterocycles. The number of fused-ring (bicyclic) bond motifs is 1. The largest absolute Gasteiger partial charge is 0.491 e. The number of benzene rings is 3. The molecule has 1 heterocycles. The van der Waals surface area contributed by atoms with E-state index in [4.69, 9.17) is 15.2 Å². The first-order valence-corrected chi connectivity index (χ1v) is 15.4. The van der Waals surface area contributed by atoms with Crippen LogP contribution in [-0.2, 0) is 23.2 Å². The third-order valence-corrected chi connectivity index (χ3v) is 9.80. The predicted octanol–water partition coefficient (Wildman–Crippen LogP) is 7.89. The number of nitrogens with two attached hydrogens (primary N) is 1. The highest BCUT2D eigenvalue weighted by Gasteiger charge is 2.55.